The number of aliphatic hydroxyl groups is 1. The maximum absolute atomic E-state index is 12.9. The highest BCUT2D eigenvalue weighted by atomic mass is 16.3. The van der Waals surface area contributed by atoms with Crippen LogP contribution in [0.1, 0.15) is 43.0 Å². The van der Waals surface area contributed by atoms with Crippen LogP contribution >= 0.6 is 0 Å². The third kappa shape index (κ3) is 3.53. The molecule has 1 aromatic carbocycles. The van der Waals surface area contributed by atoms with Gasteiger partial charge in [0.2, 0.25) is 5.91 Å². The maximum atomic E-state index is 12.9. The Hall–Kier alpha value is -2.48. The normalized spacial score (nSPS) is 21.0. The highest BCUT2D eigenvalue weighted by Crippen LogP contribution is 2.40. The van der Waals surface area contributed by atoms with Crippen LogP contribution in [0.25, 0.3) is 11.0 Å². The standard InChI is InChI=1S/C19H25N5O3/c1-13(25)11-24-12-19(5-4-17(24)26)6-8-23(9-7-19)18(27)14-2-3-15-16(10-14)21-22-20-15/h2-3,10,13,25H,4-9,11-12H2,1H3,(H,20,21,22). The van der Waals surface area contributed by atoms with E-state index in [1.54, 1.807) is 30.0 Å². The number of amides is 2. The van der Waals surface area contributed by atoms with Crippen molar-refractivity contribution in [2.75, 3.05) is 26.2 Å². The molecule has 0 aliphatic carbocycles. The number of β-amino-alcohol motifs (C(OH)–C–C–N with tert-alkyl or cyclic N) is 1. The number of carbonyl (C=O) groups excluding carboxylic acids is 2. The van der Waals surface area contributed by atoms with Gasteiger partial charge in [0.15, 0.2) is 0 Å². The van der Waals surface area contributed by atoms with E-state index in [9.17, 15) is 14.7 Å². The first-order valence-corrected chi connectivity index (χ1v) is 9.51. The number of hydrogen-bond donors (Lipinski definition) is 2. The van der Waals surface area contributed by atoms with Gasteiger partial charge in [0.05, 0.1) is 6.10 Å². The average molecular weight is 371 g/mol. The first-order chi connectivity index (χ1) is 13.0. The van der Waals surface area contributed by atoms with Gasteiger partial charge in [-0.15, -0.1) is 0 Å². The maximum Gasteiger partial charge on any atom is 0.253 e. The number of aliphatic hydroxyl groups excluding tert-OH is 1. The second-order valence-electron chi connectivity index (χ2n) is 7.94. The molecule has 2 amide bonds. The van der Waals surface area contributed by atoms with Crippen molar-refractivity contribution in [2.24, 2.45) is 5.41 Å². The summed E-state index contributed by atoms with van der Waals surface area (Å²) in [6.45, 7) is 4.16. The number of H-pyrrole nitrogens is 1. The highest BCUT2D eigenvalue weighted by molar-refractivity contribution is 5.97. The van der Waals surface area contributed by atoms with E-state index in [2.05, 4.69) is 15.4 Å². The molecule has 1 aromatic heterocycles. The summed E-state index contributed by atoms with van der Waals surface area (Å²) >= 11 is 0. The van der Waals surface area contributed by atoms with E-state index >= 15 is 0 Å². The first kappa shape index (κ1) is 17.9. The first-order valence-electron chi connectivity index (χ1n) is 9.51. The largest absolute Gasteiger partial charge is 0.392 e. The van der Waals surface area contributed by atoms with E-state index in [0.717, 1.165) is 24.8 Å². The number of hydrogen-bond acceptors (Lipinski definition) is 5. The Balaban J connectivity index is 1.42. The van der Waals surface area contributed by atoms with Crippen LogP contribution in [0.4, 0.5) is 0 Å². The third-order valence-corrected chi connectivity index (χ3v) is 5.91. The van der Waals surface area contributed by atoms with Crippen molar-refractivity contribution in [1.82, 2.24) is 25.2 Å². The number of aromatic amines is 1. The van der Waals surface area contributed by atoms with Gasteiger partial charge in [-0.2, -0.15) is 15.4 Å². The fourth-order valence-electron chi connectivity index (χ4n) is 4.34. The van der Waals surface area contributed by atoms with Gasteiger partial charge in [-0.05, 0) is 49.8 Å². The van der Waals surface area contributed by atoms with E-state index < -0.39 is 6.10 Å². The van der Waals surface area contributed by atoms with Crippen molar-refractivity contribution < 1.29 is 14.7 Å². The summed E-state index contributed by atoms with van der Waals surface area (Å²) in [5.74, 6) is 0.142. The van der Waals surface area contributed by atoms with Crippen LogP contribution < -0.4 is 0 Å². The SMILES string of the molecule is CC(O)CN1CC2(CCC1=O)CCN(C(=O)c1ccc3n[nH]nc3c1)CC2. The summed E-state index contributed by atoms with van der Waals surface area (Å²) in [4.78, 5) is 28.7. The topological polar surface area (TPSA) is 102 Å². The zero-order valence-corrected chi connectivity index (χ0v) is 15.5. The van der Waals surface area contributed by atoms with E-state index in [-0.39, 0.29) is 17.2 Å². The molecule has 1 atom stereocenters. The van der Waals surface area contributed by atoms with Crippen LogP contribution in [-0.4, -0.2) is 74.4 Å². The van der Waals surface area contributed by atoms with Crippen LogP contribution in [0.15, 0.2) is 18.2 Å². The molecule has 144 valence electrons. The number of carbonyl (C=O) groups is 2. The van der Waals surface area contributed by atoms with Gasteiger partial charge in [-0.25, -0.2) is 0 Å². The van der Waals surface area contributed by atoms with Crippen molar-refractivity contribution in [3.63, 3.8) is 0 Å². The number of nitrogens with one attached hydrogen (secondary N) is 1. The Bertz CT molecular complexity index is 854. The minimum absolute atomic E-state index is 0.0162. The minimum Gasteiger partial charge on any atom is -0.392 e. The molecule has 4 rings (SSSR count). The molecule has 2 aromatic rings. The molecule has 2 N–H and O–H groups in total. The molecular weight excluding hydrogens is 346 g/mol. The molecule has 8 heteroatoms. The van der Waals surface area contributed by atoms with Crippen molar-refractivity contribution in [2.45, 2.75) is 38.7 Å². The van der Waals surface area contributed by atoms with E-state index in [0.29, 0.717) is 43.7 Å². The van der Waals surface area contributed by atoms with Gasteiger partial charge in [0, 0.05) is 38.2 Å². The van der Waals surface area contributed by atoms with Gasteiger partial charge >= 0.3 is 0 Å². The quantitative estimate of drug-likeness (QED) is 0.844. The molecule has 27 heavy (non-hydrogen) atoms. The van der Waals surface area contributed by atoms with E-state index in [1.165, 1.54) is 0 Å². The van der Waals surface area contributed by atoms with Gasteiger partial charge in [-0.3, -0.25) is 9.59 Å². The zero-order chi connectivity index (χ0) is 19.0. The minimum atomic E-state index is -0.516. The molecule has 0 saturated carbocycles. The monoisotopic (exact) mass is 371 g/mol. The zero-order valence-electron chi connectivity index (χ0n) is 15.5. The Morgan fingerprint density at radius 2 is 2.00 bits per heavy atom. The summed E-state index contributed by atoms with van der Waals surface area (Å²) in [5.41, 5.74) is 2.13. The number of aromatic nitrogens is 3. The van der Waals surface area contributed by atoms with Crippen molar-refractivity contribution in [1.29, 1.82) is 0 Å². The van der Waals surface area contributed by atoms with Gasteiger partial charge in [0.25, 0.3) is 5.91 Å². The fourth-order valence-corrected chi connectivity index (χ4v) is 4.34. The number of rotatable bonds is 3. The lowest BCUT2D eigenvalue weighted by molar-refractivity contribution is -0.140. The summed E-state index contributed by atoms with van der Waals surface area (Å²) in [7, 11) is 0. The number of benzene rings is 1. The Kier molecular flexibility index (Phi) is 4.59. The molecule has 0 radical (unpaired) electrons. The number of piperidine rings is 2. The molecular formula is C19H25N5O3. The summed E-state index contributed by atoms with van der Waals surface area (Å²) in [5, 5.41) is 20.3. The van der Waals surface area contributed by atoms with Crippen LogP contribution in [0, 0.1) is 5.41 Å². The summed E-state index contributed by atoms with van der Waals surface area (Å²) in [6, 6.07) is 5.37. The van der Waals surface area contributed by atoms with Gasteiger partial charge in [-0.1, -0.05) is 0 Å². The second kappa shape index (κ2) is 6.92. The van der Waals surface area contributed by atoms with Crippen LogP contribution in [0.2, 0.25) is 0 Å². The Morgan fingerprint density at radius 3 is 2.74 bits per heavy atom. The predicted molar refractivity (Wildman–Crippen MR) is 99.0 cm³/mol. The lowest BCUT2D eigenvalue weighted by Crippen LogP contribution is -2.53. The number of fused-ring (bicyclic) bond motifs is 1. The number of likely N-dealkylation sites (tertiary alicyclic amines) is 2. The molecule has 2 fully saturated rings. The Morgan fingerprint density at radius 1 is 1.26 bits per heavy atom. The molecule has 2 saturated heterocycles. The lowest BCUT2D eigenvalue weighted by Gasteiger charge is -2.47. The molecule has 0 bridgehead atoms. The molecule has 8 nitrogen and oxygen atoms in total. The summed E-state index contributed by atoms with van der Waals surface area (Å²) < 4.78 is 0. The van der Waals surface area contributed by atoms with E-state index in [4.69, 9.17) is 0 Å². The van der Waals surface area contributed by atoms with E-state index in [1.807, 2.05) is 4.90 Å². The third-order valence-electron chi connectivity index (χ3n) is 5.91. The average Bonchev–Trinajstić information content (AvgIpc) is 3.12. The predicted octanol–water partition coefficient (Wildman–Crippen LogP) is 1.18. The van der Waals surface area contributed by atoms with Gasteiger partial charge < -0.3 is 14.9 Å². The number of nitrogens with zero attached hydrogens (tertiary/aromatic N) is 4. The van der Waals surface area contributed by atoms with Crippen molar-refractivity contribution >= 4 is 22.8 Å². The lowest BCUT2D eigenvalue weighted by atomic mass is 9.72. The summed E-state index contributed by atoms with van der Waals surface area (Å²) in [6.07, 6.45) is 2.65. The molecule has 1 spiro atoms. The molecule has 1 unspecified atom stereocenters. The fraction of sp³-hybridized carbons (Fsp3) is 0.579. The smallest absolute Gasteiger partial charge is 0.253 e. The molecule has 2 aliphatic heterocycles. The molecule has 2 aliphatic rings. The van der Waals surface area contributed by atoms with Gasteiger partial charge in [0.1, 0.15) is 11.0 Å². The second-order valence-corrected chi connectivity index (χ2v) is 7.94. The van der Waals surface area contributed by atoms with Crippen LogP contribution in [-0.2, 0) is 4.79 Å². The van der Waals surface area contributed by atoms with Crippen molar-refractivity contribution in [3.05, 3.63) is 23.8 Å². The highest BCUT2D eigenvalue weighted by Gasteiger charge is 2.41. The molecule has 3 heterocycles. The van der Waals surface area contributed by atoms with Crippen LogP contribution in [0.3, 0.4) is 0 Å². The Labute approximate surface area is 157 Å². The van der Waals surface area contributed by atoms with Crippen LogP contribution in [0.5, 0.6) is 0 Å². The van der Waals surface area contributed by atoms with Crippen molar-refractivity contribution in [3.8, 4) is 0 Å².